The molecule has 0 unspecified atom stereocenters. The second-order valence-electron chi connectivity index (χ2n) is 6.67. The minimum atomic E-state index is -1.79. The molecule has 0 saturated heterocycles. The average Bonchev–Trinajstić information content (AvgIpc) is 2.82. The molecule has 0 saturated carbocycles. The summed E-state index contributed by atoms with van der Waals surface area (Å²) in [6.07, 6.45) is 0. The zero-order chi connectivity index (χ0) is 15.9. The fourth-order valence-electron chi connectivity index (χ4n) is 2.72. The van der Waals surface area contributed by atoms with Gasteiger partial charge in [-0.2, -0.15) is 10.2 Å². The molecule has 0 radical (unpaired) electrons. The van der Waals surface area contributed by atoms with Gasteiger partial charge in [-0.1, -0.05) is 13.1 Å². The molecule has 0 bridgehead atoms. The van der Waals surface area contributed by atoms with Crippen molar-refractivity contribution in [2.45, 2.75) is 46.6 Å². The SMILES string of the molecule is Cc1cc(C)n(C(n2nc(C)cc2C)[Si](C)(C)N(C)C)n1. The Morgan fingerprint density at radius 3 is 1.52 bits per heavy atom. The van der Waals surface area contributed by atoms with E-state index in [9.17, 15) is 0 Å². The number of aromatic nitrogens is 4. The predicted molar refractivity (Wildman–Crippen MR) is 89.0 cm³/mol. The number of nitrogens with zero attached hydrogens (tertiary/aromatic N) is 5. The third-order valence-electron chi connectivity index (χ3n) is 4.34. The Morgan fingerprint density at radius 2 is 1.29 bits per heavy atom. The molecule has 116 valence electrons. The average molecular weight is 306 g/mol. The summed E-state index contributed by atoms with van der Waals surface area (Å²) in [4.78, 5) is 0. The van der Waals surface area contributed by atoms with E-state index in [-0.39, 0.29) is 5.79 Å². The summed E-state index contributed by atoms with van der Waals surface area (Å²) in [5.74, 6) is 0.148. The Hall–Kier alpha value is -1.40. The normalized spacial score (nSPS) is 12.7. The molecule has 0 aliphatic rings. The summed E-state index contributed by atoms with van der Waals surface area (Å²) in [7, 11) is 2.53. The van der Waals surface area contributed by atoms with Gasteiger partial charge in [0.05, 0.1) is 11.4 Å². The third kappa shape index (κ3) is 2.82. The van der Waals surface area contributed by atoms with Gasteiger partial charge in [-0.3, -0.25) is 0 Å². The first kappa shape index (κ1) is 16.0. The number of hydrogen-bond acceptors (Lipinski definition) is 3. The van der Waals surface area contributed by atoms with Crippen molar-refractivity contribution in [3.05, 3.63) is 34.9 Å². The Balaban J connectivity index is 2.66. The smallest absolute Gasteiger partial charge is 0.175 e. The van der Waals surface area contributed by atoms with Gasteiger partial charge in [0.2, 0.25) is 0 Å². The van der Waals surface area contributed by atoms with Crippen LogP contribution >= 0.6 is 0 Å². The number of aryl methyl sites for hydroxylation is 4. The van der Waals surface area contributed by atoms with Crippen LogP contribution in [0, 0.1) is 27.7 Å². The van der Waals surface area contributed by atoms with E-state index >= 15 is 0 Å². The Kier molecular flexibility index (Phi) is 4.12. The van der Waals surface area contributed by atoms with Crippen molar-refractivity contribution in [3.63, 3.8) is 0 Å². The summed E-state index contributed by atoms with van der Waals surface area (Å²) in [5.41, 5.74) is 4.49. The van der Waals surface area contributed by atoms with E-state index in [0.717, 1.165) is 11.4 Å². The summed E-state index contributed by atoms with van der Waals surface area (Å²) >= 11 is 0. The van der Waals surface area contributed by atoms with E-state index in [2.05, 4.69) is 67.1 Å². The maximum absolute atomic E-state index is 4.75. The van der Waals surface area contributed by atoms with E-state index in [0.29, 0.717) is 0 Å². The van der Waals surface area contributed by atoms with E-state index in [1.54, 1.807) is 0 Å². The molecule has 2 rings (SSSR count). The zero-order valence-electron chi connectivity index (χ0n) is 14.5. The standard InChI is InChI=1S/C15H27N5Si/c1-11-9-13(3)19(16-11)15(21(7,8)18(5)6)20-14(4)10-12(2)17-20/h9-10,15H,1-8H3. The maximum Gasteiger partial charge on any atom is 0.175 e. The maximum atomic E-state index is 4.75. The third-order valence-corrected chi connectivity index (χ3v) is 8.40. The van der Waals surface area contributed by atoms with Gasteiger partial charge in [0.1, 0.15) is 5.79 Å². The monoisotopic (exact) mass is 305 g/mol. The fraction of sp³-hybridized carbons (Fsp3) is 0.600. The van der Waals surface area contributed by atoms with Crippen LogP contribution in [0.25, 0.3) is 0 Å². The van der Waals surface area contributed by atoms with Crippen molar-refractivity contribution < 1.29 is 0 Å². The molecule has 0 aromatic carbocycles. The molecule has 0 fully saturated rings. The molecular weight excluding hydrogens is 278 g/mol. The van der Waals surface area contributed by atoms with Crippen LogP contribution in [0.3, 0.4) is 0 Å². The van der Waals surface area contributed by atoms with Crippen LogP contribution < -0.4 is 0 Å². The van der Waals surface area contributed by atoms with E-state index in [1.807, 2.05) is 13.8 Å². The molecule has 0 amide bonds. The van der Waals surface area contributed by atoms with Crippen molar-refractivity contribution in [2.24, 2.45) is 0 Å². The molecule has 0 aliphatic heterocycles. The first-order chi connectivity index (χ1) is 9.64. The molecule has 0 spiro atoms. The van der Waals surface area contributed by atoms with Crippen LogP contribution in [0.1, 0.15) is 28.6 Å². The van der Waals surface area contributed by atoms with E-state index in [4.69, 9.17) is 10.2 Å². The lowest BCUT2D eigenvalue weighted by Crippen LogP contribution is -2.55. The highest BCUT2D eigenvalue weighted by Gasteiger charge is 2.40. The van der Waals surface area contributed by atoms with Gasteiger partial charge >= 0.3 is 0 Å². The summed E-state index contributed by atoms with van der Waals surface area (Å²) in [6.45, 7) is 13.1. The second-order valence-corrected chi connectivity index (χ2v) is 11.4. The highest BCUT2D eigenvalue weighted by Crippen LogP contribution is 2.27. The van der Waals surface area contributed by atoms with Gasteiger partial charge in [0, 0.05) is 11.4 Å². The lowest BCUT2D eigenvalue weighted by molar-refractivity contribution is 0.407. The lowest BCUT2D eigenvalue weighted by Gasteiger charge is -2.39. The minimum Gasteiger partial charge on any atom is -0.326 e. The van der Waals surface area contributed by atoms with Crippen molar-refractivity contribution in [3.8, 4) is 0 Å². The van der Waals surface area contributed by atoms with Crippen molar-refractivity contribution >= 4 is 8.24 Å². The van der Waals surface area contributed by atoms with Crippen LogP contribution in [0.4, 0.5) is 0 Å². The molecular formula is C15H27N5Si. The minimum absolute atomic E-state index is 0.148. The highest BCUT2D eigenvalue weighted by atomic mass is 28.3. The van der Waals surface area contributed by atoms with Gasteiger partial charge in [-0.25, -0.2) is 9.36 Å². The molecule has 2 heterocycles. The molecule has 6 heteroatoms. The van der Waals surface area contributed by atoms with Gasteiger partial charge in [0.15, 0.2) is 8.24 Å². The Morgan fingerprint density at radius 1 is 0.905 bits per heavy atom. The molecule has 0 aliphatic carbocycles. The van der Waals surface area contributed by atoms with Crippen LogP contribution in [0.5, 0.6) is 0 Å². The molecule has 2 aromatic heterocycles. The van der Waals surface area contributed by atoms with Gasteiger partial charge in [0.25, 0.3) is 0 Å². The van der Waals surface area contributed by atoms with E-state index < -0.39 is 8.24 Å². The summed E-state index contributed by atoms with van der Waals surface area (Å²) in [5, 5.41) is 9.50. The van der Waals surface area contributed by atoms with Crippen LogP contribution in [0.15, 0.2) is 12.1 Å². The fourth-order valence-corrected chi connectivity index (χ4v) is 4.90. The second kappa shape index (κ2) is 5.42. The van der Waals surface area contributed by atoms with Gasteiger partial charge in [-0.15, -0.1) is 0 Å². The molecule has 21 heavy (non-hydrogen) atoms. The molecule has 2 aromatic rings. The quantitative estimate of drug-likeness (QED) is 0.815. The molecule has 0 atom stereocenters. The Bertz CT molecular complexity index is 592. The summed E-state index contributed by atoms with van der Waals surface area (Å²) in [6, 6.07) is 4.28. The van der Waals surface area contributed by atoms with E-state index in [1.165, 1.54) is 11.4 Å². The van der Waals surface area contributed by atoms with Gasteiger partial charge in [-0.05, 0) is 53.9 Å². The van der Waals surface area contributed by atoms with Crippen LogP contribution in [-0.2, 0) is 0 Å². The van der Waals surface area contributed by atoms with Crippen molar-refractivity contribution in [1.29, 1.82) is 0 Å². The summed E-state index contributed by atoms with van der Waals surface area (Å²) < 4.78 is 6.67. The van der Waals surface area contributed by atoms with Crippen LogP contribution in [-0.4, -0.2) is 46.5 Å². The highest BCUT2D eigenvalue weighted by molar-refractivity contribution is 6.75. The molecule has 0 N–H and O–H groups in total. The van der Waals surface area contributed by atoms with Crippen LogP contribution in [0.2, 0.25) is 13.1 Å². The lowest BCUT2D eigenvalue weighted by atomic mass is 10.4. The first-order valence-electron chi connectivity index (χ1n) is 7.37. The Labute approximate surface area is 128 Å². The topological polar surface area (TPSA) is 38.9 Å². The van der Waals surface area contributed by atoms with Crippen molar-refractivity contribution in [1.82, 2.24) is 24.1 Å². The van der Waals surface area contributed by atoms with Crippen molar-refractivity contribution in [2.75, 3.05) is 14.1 Å². The largest absolute Gasteiger partial charge is 0.326 e. The molecule has 5 nitrogen and oxygen atoms in total. The van der Waals surface area contributed by atoms with Gasteiger partial charge < -0.3 is 4.57 Å². The first-order valence-corrected chi connectivity index (χ1v) is 10.4. The number of hydrogen-bond donors (Lipinski definition) is 0. The zero-order valence-corrected chi connectivity index (χ0v) is 15.5. The number of rotatable bonds is 4. The predicted octanol–water partition coefficient (Wildman–Crippen LogP) is 2.67.